The van der Waals surface area contributed by atoms with Crippen LogP contribution < -0.4 is 11.1 Å². The van der Waals surface area contributed by atoms with Gasteiger partial charge in [0.15, 0.2) is 0 Å². The molecule has 0 saturated heterocycles. The molecule has 118 valence electrons. The lowest BCUT2D eigenvalue weighted by atomic mass is 9.95. The third-order valence-electron chi connectivity index (χ3n) is 3.33. The summed E-state index contributed by atoms with van der Waals surface area (Å²) in [7, 11) is 1.64. The largest absolute Gasteiger partial charge is 0.382 e. The van der Waals surface area contributed by atoms with Gasteiger partial charge in [-0.25, -0.2) is 0 Å². The van der Waals surface area contributed by atoms with Crippen LogP contribution in [0, 0.1) is 5.92 Å². The molecule has 5 nitrogen and oxygen atoms in total. The zero-order valence-electron chi connectivity index (χ0n) is 12.9. The van der Waals surface area contributed by atoms with Crippen molar-refractivity contribution < 1.29 is 14.3 Å². The van der Waals surface area contributed by atoms with Gasteiger partial charge >= 0.3 is 0 Å². The van der Waals surface area contributed by atoms with Crippen LogP contribution in [0.15, 0.2) is 30.3 Å². The van der Waals surface area contributed by atoms with Crippen molar-refractivity contribution in [2.75, 3.05) is 33.5 Å². The molecule has 0 aliphatic rings. The average Bonchev–Trinajstić information content (AvgIpc) is 2.53. The number of nitrogens with two attached hydrogens (primary N) is 1. The maximum atomic E-state index is 12.0. The van der Waals surface area contributed by atoms with Crippen molar-refractivity contribution in [2.45, 2.75) is 19.4 Å². The minimum absolute atomic E-state index is 0.0248. The van der Waals surface area contributed by atoms with Crippen LogP contribution in [0.1, 0.15) is 24.9 Å². The van der Waals surface area contributed by atoms with Crippen LogP contribution in [-0.4, -0.2) is 39.4 Å². The first-order valence-corrected chi connectivity index (χ1v) is 7.31. The minimum Gasteiger partial charge on any atom is -0.382 e. The second-order valence-electron chi connectivity index (χ2n) is 4.97. The average molecular weight is 294 g/mol. The molecule has 5 heteroatoms. The van der Waals surface area contributed by atoms with Crippen LogP contribution in [0.2, 0.25) is 0 Å². The Hall–Kier alpha value is -1.43. The molecule has 0 aliphatic carbocycles. The number of carbonyl (C=O) groups is 1. The highest BCUT2D eigenvalue weighted by molar-refractivity contribution is 5.79. The van der Waals surface area contributed by atoms with E-state index in [-0.39, 0.29) is 17.9 Å². The Kier molecular flexibility index (Phi) is 8.66. The first-order chi connectivity index (χ1) is 10.2. The smallest absolute Gasteiger partial charge is 0.224 e. The van der Waals surface area contributed by atoms with Crippen molar-refractivity contribution in [1.82, 2.24) is 5.32 Å². The number of hydrogen-bond donors (Lipinski definition) is 2. The number of nitrogens with one attached hydrogen (secondary N) is 1. The topological polar surface area (TPSA) is 73.6 Å². The molecular formula is C16H26N2O3. The van der Waals surface area contributed by atoms with E-state index in [1.807, 2.05) is 37.3 Å². The van der Waals surface area contributed by atoms with Crippen LogP contribution in [0.4, 0.5) is 0 Å². The van der Waals surface area contributed by atoms with Gasteiger partial charge in [-0.15, -0.1) is 0 Å². The molecule has 1 aromatic rings. The predicted octanol–water partition coefficient (Wildman–Crippen LogP) is 1.49. The Morgan fingerprint density at radius 2 is 1.95 bits per heavy atom. The second kappa shape index (κ2) is 10.3. The highest BCUT2D eigenvalue weighted by Crippen LogP contribution is 2.18. The third-order valence-corrected chi connectivity index (χ3v) is 3.33. The summed E-state index contributed by atoms with van der Waals surface area (Å²) in [5.41, 5.74) is 7.10. The summed E-state index contributed by atoms with van der Waals surface area (Å²) in [5.74, 6) is -0.287. The van der Waals surface area contributed by atoms with Crippen molar-refractivity contribution >= 4 is 5.91 Å². The van der Waals surface area contributed by atoms with Gasteiger partial charge in [0.25, 0.3) is 0 Å². The summed E-state index contributed by atoms with van der Waals surface area (Å²) in [4.78, 5) is 12.0. The number of benzene rings is 1. The summed E-state index contributed by atoms with van der Waals surface area (Å²) in [6, 6.07) is 9.39. The first-order valence-electron chi connectivity index (χ1n) is 7.31. The van der Waals surface area contributed by atoms with Gasteiger partial charge < -0.3 is 20.5 Å². The van der Waals surface area contributed by atoms with Gasteiger partial charge in [0.2, 0.25) is 5.91 Å². The molecule has 0 spiro atoms. The molecule has 1 aromatic carbocycles. The van der Waals surface area contributed by atoms with Gasteiger partial charge in [-0.05, 0) is 12.0 Å². The molecular weight excluding hydrogens is 268 g/mol. The second-order valence-corrected chi connectivity index (χ2v) is 4.97. The van der Waals surface area contributed by atoms with E-state index in [4.69, 9.17) is 15.2 Å². The van der Waals surface area contributed by atoms with Gasteiger partial charge in [0, 0.05) is 26.3 Å². The van der Waals surface area contributed by atoms with Gasteiger partial charge in [-0.1, -0.05) is 37.3 Å². The highest BCUT2D eigenvalue weighted by Gasteiger charge is 2.21. The first kappa shape index (κ1) is 17.6. The summed E-state index contributed by atoms with van der Waals surface area (Å²) < 4.78 is 10.2. The zero-order chi connectivity index (χ0) is 15.5. The molecule has 2 unspecified atom stereocenters. The van der Waals surface area contributed by atoms with Crippen LogP contribution in [0.25, 0.3) is 0 Å². The van der Waals surface area contributed by atoms with Crippen molar-refractivity contribution in [3.63, 3.8) is 0 Å². The van der Waals surface area contributed by atoms with Gasteiger partial charge in [-0.3, -0.25) is 4.79 Å². The Morgan fingerprint density at radius 1 is 1.24 bits per heavy atom. The fraction of sp³-hybridized carbons (Fsp3) is 0.562. The summed E-state index contributed by atoms with van der Waals surface area (Å²) in [5, 5.41) is 2.89. The van der Waals surface area contributed by atoms with Gasteiger partial charge in [-0.2, -0.15) is 0 Å². The van der Waals surface area contributed by atoms with E-state index in [9.17, 15) is 4.79 Å². The van der Waals surface area contributed by atoms with Crippen molar-refractivity contribution in [1.29, 1.82) is 0 Å². The van der Waals surface area contributed by atoms with Crippen LogP contribution in [0.5, 0.6) is 0 Å². The number of amides is 1. The number of rotatable bonds is 10. The van der Waals surface area contributed by atoms with Crippen molar-refractivity contribution in [3.05, 3.63) is 35.9 Å². The third kappa shape index (κ3) is 6.71. The number of carbonyl (C=O) groups excluding carboxylic acids is 1. The fourth-order valence-electron chi connectivity index (χ4n) is 1.92. The monoisotopic (exact) mass is 294 g/mol. The normalized spacial score (nSPS) is 13.7. The van der Waals surface area contributed by atoms with Crippen molar-refractivity contribution in [2.24, 2.45) is 11.7 Å². The maximum Gasteiger partial charge on any atom is 0.224 e. The highest BCUT2D eigenvalue weighted by atomic mass is 16.5. The predicted molar refractivity (Wildman–Crippen MR) is 82.9 cm³/mol. The number of methoxy groups -OCH3 is 1. The Labute approximate surface area is 126 Å². The molecule has 0 fully saturated rings. The molecule has 0 aliphatic heterocycles. The van der Waals surface area contributed by atoms with E-state index in [2.05, 4.69) is 5.32 Å². The van der Waals surface area contributed by atoms with Gasteiger partial charge in [0.1, 0.15) is 0 Å². The molecule has 0 bridgehead atoms. The number of ether oxygens (including phenoxy) is 2. The molecule has 1 amide bonds. The summed E-state index contributed by atoms with van der Waals surface area (Å²) in [6.45, 7) is 4.23. The van der Waals surface area contributed by atoms with E-state index >= 15 is 0 Å². The van der Waals surface area contributed by atoms with E-state index < -0.39 is 0 Å². The maximum absolute atomic E-state index is 12.0. The standard InChI is InChI=1S/C16H26N2O3/c1-13(15(17)14-7-4-3-5-8-14)16(19)18-9-6-10-21-12-11-20-2/h3-5,7-8,13,15H,6,9-12,17H2,1-2H3,(H,18,19). The molecule has 3 N–H and O–H groups in total. The van der Waals surface area contributed by atoms with Crippen LogP contribution in [-0.2, 0) is 14.3 Å². The van der Waals surface area contributed by atoms with E-state index in [1.165, 1.54) is 0 Å². The molecule has 0 radical (unpaired) electrons. The van der Waals surface area contributed by atoms with Crippen molar-refractivity contribution in [3.8, 4) is 0 Å². The fourth-order valence-corrected chi connectivity index (χ4v) is 1.92. The lowest BCUT2D eigenvalue weighted by Gasteiger charge is -2.19. The molecule has 2 atom stereocenters. The molecule has 0 saturated carbocycles. The van der Waals surface area contributed by atoms with Gasteiger partial charge in [0.05, 0.1) is 19.1 Å². The zero-order valence-corrected chi connectivity index (χ0v) is 12.9. The summed E-state index contributed by atoms with van der Waals surface area (Å²) >= 11 is 0. The Morgan fingerprint density at radius 3 is 2.62 bits per heavy atom. The quantitative estimate of drug-likeness (QED) is 0.641. The van der Waals surface area contributed by atoms with E-state index in [1.54, 1.807) is 7.11 Å². The van der Waals surface area contributed by atoms with E-state index in [0.717, 1.165) is 12.0 Å². The SMILES string of the molecule is COCCOCCCNC(=O)C(C)C(N)c1ccccc1. The number of hydrogen-bond acceptors (Lipinski definition) is 4. The lowest BCUT2D eigenvalue weighted by Crippen LogP contribution is -2.36. The van der Waals surface area contributed by atoms with E-state index in [0.29, 0.717) is 26.4 Å². The Balaban J connectivity index is 2.22. The molecule has 1 rings (SSSR count). The minimum atomic E-state index is -0.288. The van der Waals surface area contributed by atoms with Crippen LogP contribution >= 0.6 is 0 Å². The molecule has 21 heavy (non-hydrogen) atoms. The lowest BCUT2D eigenvalue weighted by molar-refractivity contribution is -0.125. The summed E-state index contributed by atoms with van der Waals surface area (Å²) in [6.07, 6.45) is 0.781. The van der Waals surface area contributed by atoms with Crippen LogP contribution in [0.3, 0.4) is 0 Å². The molecule has 0 aromatic heterocycles. The molecule has 0 heterocycles. The Bertz CT molecular complexity index is 398.